The second kappa shape index (κ2) is 20.0. The van der Waals surface area contributed by atoms with E-state index >= 15 is 0 Å². The molecule has 1 heterocycles. The van der Waals surface area contributed by atoms with Crippen molar-refractivity contribution in [3.05, 3.63) is 24.5 Å². The van der Waals surface area contributed by atoms with Gasteiger partial charge in [-0.2, -0.15) is 0 Å². The van der Waals surface area contributed by atoms with Crippen LogP contribution in [0.15, 0.2) is 29.4 Å². The van der Waals surface area contributed by atoms with Crippen LogP contribution in [0.5, 0.6) is 0 Å². The van der Waals surface area contributed by atoms with Gasteiger partial charge in [0.1, 0.15) is 0 Å². The van der Waals surface area contributed by atoms with Crippen LogP contribution < -0.4 is 16.0 Å². The number of nitrogens with zero attached hydrogens (tertiary/aromatic N) is 1. The molecule has 1 aliphatic rings. The molecule has 1 saturated carbocycles. The highest BCUT2D eigenvalue weighted by Crippen LogP contribution is 2.17. The van der Waals surface area contributed by atoms with E-state index in [-0.39, 0.29) is 43.1 Å². The van der Waals surface area contributed by atoms with Crippen LogP contribution in [-0.4, -0.2) is 48.9 Å². The number of aromatic nitrogens is 1. The molecule has 0 aromatic carbocycles. The van der Waals surface area contributed by atoms with Crippen LogP contribution in [0.1, 0.15) is 44.9 Å². The lowest BCUT2D eigenvalue weighted by molar-refractivity contribution is -0.118. The maximum atomic E-state index is 11.8. The van der Waals surface area contributed by atoms with Gasteiger partial charge in [0, 0.05) is 43.0 Å². The van der Waals surface area contributed by atoms with Crippen molar-refractivity contribution in [1.82, 2.24) is 20.9 Å². The fourth-order valence-corrected chi connectivity index (χ4v) is 3.75. The lowest BCUT2D eigenvalue weighted by Gasteiger charge is -2.22. The molecule has 1 fully saturated rings. The van der Waals surface area contributed by atoms with Gasteiger partial charge < -0.3 is 16.0 Å². The molecule has 0 saturated heterocycles. The molecule has 0 unspecified atom stereocenters. The monoisotopic (exact) mass is 472 g/mol. The SMILES string of the molecule is Cl.Cl.Cl.O=C(CSc1ccncc1)NCCCCNCCNC1CCCCC1. The van der Waals surface area contributed by atoms with Crippen LogP contribution in [-0.2, 0) is 4.79 Å². The molecule has 9 heteroatoms. The van der Waals surface area contributed by atoms with Crippen molar-refractivity contribution >= 4 is 54.9 Å². The highest BCUT2D eigenvalue weighted by Gasteiger charge is 2.11. The van der Waals surface area contributed by atoms with Crippen molar-refractivity contribution in [2.24, 2.45) is 0 Å². The predicted octanol–water partition coefficient (Wildman–Crippen LogP) is 3.85. The van der Waals surface area contributed by atoms with Crippen LogP contribution in [0.2, 0.25) is 0 Å². The number of nitrogens with one attached hydrogen (secondary N) is 3. The largest absolute Gasteiger partial charge is 0.355 e. The third-order valence-electron chi connectivity index (χ3n) is 4.46. The van der Waals surface area contributed by atoms with Crippen molar-refractivity contribution < 1.29 is 4.79 Å². The topological polar surface area (TPSA) is 66.0 Å². The number of halogens is 3. The molecule has 0 atom stereocenters. The summed E-state index contributed by atoms with van der Waals surface area (Å²) in [7, 11) is 0. The quantitative estimate of drug-likeness (QED) is 0.318. The molecule has 1 aromatic heterocycles. The number of carbonyl (C=O) groups is 1. The fraction of sp³-hybridized carbons (Fsp3) is 0.684. The van der Waals surface area contributed by atoms with Crippen LogP contribution in [0.25, 0.3) is 0 Å². The van der Waals surface area contributed by atoms with Crippen LogP contribution in [0.3, 0.4) is 0 Å². The van der Waals surface area contributed by atoms with Gasteiger partial charge in [0.2, 0.25) is 5.91 Å². The molecule has 0 radical (unpaired) electrons. The van der Waals surface area contributed by atoms with Crippen molar-refractivity contribution in [3.8, 4) is 0 Å². The summed E-state index contributed by atoms with van der Waals surface area (Å²) in [6.45, 7) is 3.88. The van der Waals surface area contributed by atoms with Gasteiger partial charge in [0.05, 0.1) is 5.75 Å². The van der Waals surface area contributed by atoms with Gasteiger partial charge in [0.25, 0.3) is 0 Å². The van der Waals surface area contributed by atoms with E-state index in [1.54, 1.807) is 24.2 Å². The number of hydrogen-bond acceptors (Lipinski definition) is 5. The molecule has 0 spiro atoms. The number of thioether (sulfide) groups is 1. The number of unbranched alkanes of at least 4 members (excludes halogenated alkanes) is 1. The number of hydrogen-bond donors (Lipinski definition) is 3. The number of amides is 1. The minimum atomic E-state index is 0. The highest BCUT2D eigenvalue weighted by molar-refractivity contribution is 8.00. The summed E-state index contributed by atoms with van der Waals surface area (Å²) in [6, 6.07) is 4.59. The minimum Gasteiger partial charge on any atom is -0.355 e. The lowest BCUT2D eigenvalue weighted by atomic mass is 9.95. The maximum Gasteiger partial charge on any atom is 0.230 e. The second-order valence-electron chi connectivity index (χ2n) is 6.57. The van der Waals surface area contributed by atoms with Gasteiger partial charge >= 0.3 is 0 Å². The van der Waals surface area contributed by atoms with E-state index in [0.717, 1.165) is 50.0 Å². The van der Waals surface area contributed by atoms with Crippen LogP contribution in [0.4, 0.5) is 0 Å². The third kappa shape index (κ3) is 14.7. The molecular weight excluding hydrogens is 439 g/mol. The van der Waals surface area contributed by atoms with Crippen LogP contribution in [0, 0.1) is 0 Å². The standard InChI is InChI=1S/C19H32N4OS.3ClH/c24-19(16-25-18-8-12-21-13-9-18)23-11-5-4-10-20-14-15-22-17-6-2-1-3-7-17;;;/h8-9,12-13,17,20,22H,1-7,10-11,14-16H2,(H,23,24);3*1H. The molecular formula is C19H35Cl3N4OS. The summed E-state index contributed by atoms with van der Waals surface area (Å²) in [6.07, 6.45) is 12.5. The minimum absolute atomic E-state index is 0. The Morgan fingerprint density at radius 1 is 0.964 bits per heavy atom. The summed E-state index contributed by atoms with van der Waals surface area (Å²) in [5.74, 6) is 0.571. The lowest BCUT2D eigenvalue weighted by Crippen LogP contribution is -2.36. The summed E-state index contributed by atoms with van der Waals surface area (Å²) in [5, 5.41) is 10.1. The van der Waals surface area contributed by atoms with Gasteiger partial charge in [-0.05, 0) is 44.4 Å². The zero-order chi connectivity index (χ0) is 17.6. The molecule has 2 rings (SSSR count). The molecule has 164 valence electrons. The van der Waals surface area contributed by atoms with Crippen molar-refractivity contribution in [2.75, 3.05) is 31.9 Å². The van der Waals surface area contributed by atoms with E-state index in [0.29, 0.717) is 5.75 Å². The fourth-order valence-electron chi connectivity index (χ4n) is 3.03. The van der Waals surface area contributed by atoms with Gasteiger partial charge in [-0.3, -0.25) is 9.78 Å². The van der Waals surface area contributed by atoms with E-state index in [1.807, 2.05) is 12.1 Å². The summed E-state index contributed by atoms with van der Waals surface area (Å²) < 4.78 is 0. The molecule has 0 bridgehead atoms. The first-order chi connectivity index (χ1) is 12.3. The Morgan fingerprint density at radius 2 is 1.64 bits per heavy atom. The molecule has 1 aliphatic carbocycles. The van der Waals surface area contributed by atoms with Crippen molar-refractivity contribution in [1.29, 1.82) is 0 Å². The van der Waals surface area contributed by atoms with Gasteiger partial charge in [-0.1, -0.05) is 19.3 Å². The van der Waals surface area contributed by atoms with Crippen LogP contribution >= 0.6 is 49.0 Å². The summed E-state index contributed by atoms with van der Waals surface area (Å²) in [5.41, 5.74) is 0. The van der Waals surface area contributed by atoms with Gasteiger partial charge in [-0.15, -0.1) is 49.0 Å². The zero-order valence-corrected chi connectivity index (χ0v) is 19.6. The molecule has 3 N–H and O–H groups in total. The van der Waals surface area contributed by atoms with E-state index in [4.69, 9.17) is 0 Å². The average Bonchev–Trinajstić information content (AvgIpc) is 2.66. The van der Waals surface area contributed by atoms with Crippen molar-refractivity contribution in [3.63, 3.8) is 0 Å². The third-order valence-corrected chi connectivity index (χ3v) is 5.47. The number of pyridine rings is 1. The zero-order valence-electron chi connectivity index (χ0n) is 16.4. The molecule has 1 amide bonds. The first kappa shape index (κ1) is 30.0. The Bertz CT molecular complexity index is 480. The number of carbonyl (C=O) groups excluding carboxylic acids is 1. The van der Waals surface area contributed by atoms with E-state index in [9.17, 15) is 4.79 Å². The van der Waals surface area contributed by atoms with E-state index < -0.39 is 0 Å². The Hall–Kier alpha value is -0.240. The van der Waals surface area contributed by atoms with E-state index in [2.05, 4.69) is 20.9 Å². The normalized spacial score (nSPS) is 13.6. The summed E-state index contributed by atoms with van der Waals surface area (Å²) >= 11 is 1.55. The summed E-state index contributed by atoms with van der Waals surface area (Å²) in [4.78, 5) is 16.8. The Kier molecular flexibility index (Phi) is 21.5. The average molecular weight is 474 g/mol. The first-order valence-electron chi connectivity index (χ1n) is 9.58. The second-order valence-corrected chi connectivity index (χ2v) is 7.62. The molecule has 1 aromatic rings. The molecule has 0 aliphatic heterocycles. The predicted molar refractivity (Wildman–Crippen MR) is 127 cm³/mol. The molecule has 28 heavy (non-hydrogen) atoms. The van der Waals surface area contributed by atoms with Gasteiger partial charge in [-0.25, -0.2) is 0 Å². The Labute approximate surface area is 192 Å². The van der Waals surface area contributed by atoms with Crippen molar-refractivity contribution in [2.45, 2.75) is 55.9 Å². The molecule has 5 nitrogen and oxygen atoms in total. The Morgan fingerprint density at radius 3 is 2.36 bits per heavy atom. The smallest absolute Gasteiger partial charge is 0.230 e. The Balaban J connectivity index is 0. The van der Waals surface area contributed by atoms with Gasteiger partial charge in [0.15, 0.2) is 0 Å². The maximum absolute atomic E-state index is 11.8. The highest BCUT2D eigenvalue weighted by atomic mass is 35.5. The first-order valence-corrected chi connectivity index (χ1v) is 10.6. The number of rotatable bonds is 12. The van der Waals surface area contributed by atoms with E-state index in [1.165, 1.54) is 32.1 Å².